The van der Waals surface area contributed by atoms with Crippen LogP contribution >= 0.6 is 0 Å². The van der Waals surface area contributed by atoms with Crippen molar-refractivity contribution in [3.05, 3.63) is 41.6 Å². The van der Waals surface area contributed by atoms with E-state index in [1.165, 1.54) is 0 Å². The molecule has 2 N–H and O–H groups in total. The SMILES string of the molecule is CCc1cn[nH]c1NC(=O)c1cccc(OCC(C)C)c1. The van der Waals surface area contributed by atoms with Crippen LogP contribution in [0, 0.1) is 5.92 Å². The Balaban J connectivity index is 2.07. The molecule has 0 aliphatic carbocycles. The number of benzene rings is 1. The Kier molecular flexibility index (Phi) is 4.98. The molecule has 1 amide bonds. The van der Waals surface area contributed by atoms with E-state index in [2.05, 4.69) is 29.4 Å². The molecule has 5 nitrogen and oxygen atoms in total. The van der Waals surface area contributed by atoms with Gasteiger partial charge in [-0.05, 0) is 30.5 Å². The third-order valence-corrected chi connectivity index (χ3v) is 3.02. The summed E-state index contributed by atoms with van der Waals surface area (Å²) < 4.78 is 5.64. The molecule has 2 rings (SSSR count). The number of hydrogen-bond donors (Lipinski definition) is 2. The van der Waals surface area contributed by atoms with Crippen molar-refractivity contribution >= 4 is 11.7 Å². The third-order valence-electron chi connectivity index (χ3n) is 3.02. The predicted octanol–water partition coefficient (Wildman–Crippen LogP) is 3.26. The van der Waals surface area contributed by atoms with Crippen molar-refractivity contribution in [2.24, 2.45) is 5.92 Å². The Labute approximate surface area is 124 Å². The molecule has 0 bridgehead atoms. The summed E-state index contributed by atoms with van der Waals surface area (Å²) in [4.78, 5) is 12.3. The first-order valence-corrected chi connectivity index (χ1v) is 7.16. The lowest BCUT2D eigenvalue weighted by Crippen LogP contribution is -2.13. The number of H-pyrrole nitrogens is 1. The summed E-state index contributed by atoms with van der Waals surface area (Å²) in [5.41, 5.74) is 1.54. The molecule has 0 aliphatic heterocycles. The maximum Gasteiger partial charge on any atom is 0.256 e. The molecule has 1 aromatic carbocycles. The average Bonchev–Trinajstić information content (AvgIpc) is 2.92. The normalized spacial score (nSPS) is 10.7. The summed E-state index contributed by atoms with van der Waals surface area (Å²) in [5.74, 6) is 1.62. The molecule has 1 aromatic heterocycles. The van der Waals surface area contributed by atoms with Crippen LogP contribution in [0.2, 0.25) is 0 Å². The highest BCUT2D eigenvalue weighted by Crippen LogP contribution is 2.17. The molecule has 0 atom stereocenters. The van der Waals surface area contributed by atoms with Crippen molar-refractivity contribution in [2.45, 2.75) is 27.2 Å². The number of carbonyl (C=O) groups is 1. The average molecular weight is 287 g/mol. The lowest BCUT2D eigenvalue weighted by atomic mass is 10.2. The summed E-state index contributed by atoms with van der Waals surface area (Å²) in [7, 11) is 0. The first kappa shape index (κ1) is 15.1. The van der Waals surface area contributed by atoms with E-state index in [1.54, 1.807) is 18.3 Å². The molecule has 0 spiro atoms. The van der Waals surface area contributed by atoms with Gasteiger partial charge in [0.25, 0.3) is 5.91 Å². The molecule has 2 aromatic rings. The highest BCUT2D eigenvalue weighted by Gasteiger charge is 2.11. The van der Waals surface area contributed by atoms with Crippen molar-refractivity contribution in [3.8, 4) is 5.75 Å². The van der Waals surface area contributed by atoms with Crippen molar-refractivity contribution in [1.82, 2.24) is 10.2 Å². The zero-order valence-corrected chi connectivity index (χ0v) is 12.6. The summed E-state index contributed by atoms with van der Waals surface area (Å²) in [6.07, 6.45) is 2.53. The minimum atomic E-state index is -0.177. The molecular formula is C16H21N3O2. The molecule has 0 saturated heterocycles. The standard InChI is InChI=1S/C16H21N3O2/c1-4-12-9-17-19-15(12)18-16(20)13-6-5-7-14(8-13)21-10-11(2)3/h5-9,11H,4,10H2,1-3H3,(H2,17,18,19,20). The van der Waals surface area contributed by atoms with Crippen LogP contribution in [0.5, 0.6) is 5.75 Å². The summed E-state index contributed by atoms with van der Waals surface area (Å²) in [6.45, 7) is 6.81. The maximum absolute atomic E-state index is 12.3. The number of aryl methyl sites for hydroxylation is 1. The van der Waals surface area contributed by atoms with Crippen molar-refractivity contribution < 1.29 is 9.53 Å². The molecule has 0 unspecified atom stereocenters. The maximum atomic E-state index is 12.3. The number of anilines is 1. The van der Waals surface area contributed by atoms with Crippen molar-refractivity contribution in [2.75, 3.05) is 11.9 Å². The van der Waals surface area contributed by atoms with E-state index < -0.39 is 0 Å². The van der Waals surface area contributed by atoms with Gasteiger partial charge in [0, 0.05) is 11.1 Å². The number of carbonyl (C=O) groups excluding carboxylic acids is 1. The fourth-order valence-corrected chi connectivity index (χ4v) is 1.86. The van der Waals surface area contributed by atoms with Crippen molar-refractivity contribution in [1.29, 1.82) is 0 Å². The quantitative estimate of drug-likeness (QED) is 0.857. The molecule has 1 heterocycles. The van der Waals surface area contributed by atoms with Crippen LogP contribution in [0.25, 0.3) is 0 Å². The molecule has 5 heteroatoms. The van der Waals surface area contributed by atoms with Gasteiger partial charge >= 0.3 is 0 Å². The van der Waals surface area contributed by atoms with Gasteiger partial charge in [-0.1, -0.05) is 26.8 Å². The topological polar surface area (TPSA) is 67.0 Å². The largest absolute Gasteiger partial charge is 0.493 e. The zero-order chi connectivity index (χ0) is 15.2. The number of aromatic amines is 1. The minimum Gasteiger partial charge on any atom is -0.493 e. The first-order valence-electron chi connectivity index (χ1n) is 7.16. The Morgan fingerprint density at radius 3 is 2.95 bits per heavy atom. The van der Waals surface area contributed by atoms with Crippen LogP contribution in [-0.2, 0) is 6.42 Å². The van der Waals surface area contributed by atoms with Crippen LogP contribution in [0.15, 0.2) is 30.5 Å². The third kappa shape index (κ3) is 4.08. The highest BCUT2D eigenvalue weighted by atomic mass is 16.5. The number of hydrogen-bond acceptors (Lipinski definition) is 3. The van der Waals surface area contributed by atoms with Crippen LogP contribution < -0.4 is 10.1 Å². The van der Waals surface area contributed by atoms with Gasteiger partial charge in [0.05, 0.1) is 12.8 Å². The summed E-state index contributed by atoms with van der Waals surface area (Å²) >= 11 is 0. The van der Waals surface area contributed by atoms with E-state index in [9.17, 15) is 4.79 Å². The molecule has 21 heavy (non-hydrogen) atoms. The number of amides is 1. The van der Waals surface area contributed by atoms with E-state index >= 15 is 0 Å². The van der Waals surface area contributed by atoms with Gasteiger partial charge < -0.3 is 10.1 Å². The monoisotopic (exact) mass is 287 g/mol. The zero-order valence-electron chi connectivity index (χ0n) is 12.6. The lowest BCUT2D eigenvalue weighted by Gasteiger charge is -2.10. The Morgan fingerprint density at radius 2 is 2.24 bits per heavy atom. The smallest absolute Gasteiger partial charge is 0.256 e. The summed E-state index contributed by atoms with van der Waals surface area (Å²) in [5, 5.41) is 9.58. The van der Waals surface area contributed by atoms with E-state index in [0.29, 0.717) is 29.7 Å². The second-order valence-electron chi connectivity index (χ2n) is 5.31. The van der Waals surface area contributed by atoms with Gasteiger partial charge in [-0.25, -0.2) is 0 Å². The van der Waals surface area contributed by atoms with Gasteiger partial charge in [0.1, 0.15) is 11.6 Å². The first-order chi connectivity index (χ1) is 10.1. The van der Waals surface area contributed by atoms with Crippen LogP contribution in [-0.4, -0.2) is 22.7 Å². The second-order valence-corrected chi connectivity index (χ2v) is 5.31. The predicted molar refractivity (Wildman–Crippen MR) is 82.7 cm³/mol. The Morgan fingerprint density at radius 1 is 1.43 bits per heavy atom. The molecular weight excluding hydrogens is 266 g/mol. The molecule has 112 valence electrons. The van der Waals surface area contributed by atoms with E-state index in [-0.39, 0.29) is 5.91 Å². The Hall–Kier alpha value is -2.30. The van der Waals surface area contributed by atoms with Gasteiger partial charge in [-0.3, -0.25) is 9.89 Å². The van der Waals surface area contributed by atoms with E-state index in [4.69, 9.17) is 4.74 Å². The van der Waals surface area contributed by atoms with E-state index in [1.807, 2.05) is 19.1 Å². The van der Waals surface area contributed by atoms with Gasteiger partial charge in [0.15, 0.2) is 0 Å². The van der Waals surface area contributed by atoms with E-state index in [0.717, 1.165) is 12.0 Å². The van der Waals surface area contributed by atoms with Gasteiger partial charge in [-0.15, -0.1) is 0 Å². The van der Waals surface area contributed by atoms with Gasteiger partial charge in [0.2, 0.25) is 0 Å². The van der Waals surface area contributed by atoms with Gasteiger partial charge in [-0.2, -0.15) is 5.10 Å². The number of nitrogens with zero attached hydrogens (tertiary/aromatic N) is 1. The Bertz CT molecular complexity index is 605. The number of nitrogens with one attached hydrogen (secondary N) is 2. The lowest BCUT2D eigenvalue weighted by molar-refractivity contribution is 0.102. The number of rotatable bonds is 6. The fraction of sp³-hybridized carbons (Fsp3) is 0.375. The van der Waals surface area contributed by atoms with Crippen molar-refractivity contribution in [3.63, 3.8) is 0 Å². The molecule has 0 fully saturated rings. The second kappa shape index (κ2) is 6.92. The van der Waals surface area contributed by atoms with Crippen LogP contribution in [0.3, 0.4) is 0 Å². The highest BCUT2D eigenvalue weighted by molar-refractivity contribution is 6.04. The van der Waals surface area contributed by atoms with Crippen LogP contribution in [0.4, 0.5) is 5.82 Å². The summed E-state index contributed by atoms with van der Waals surface area (Å²) in [6, 6.07) is 7.18. The number of aromatic nitrogens is 2. The molecule has 0 saturated carbocycles. The minimum absolute atomic E-state index is 0.177. The number of ether oxygens (including phenoxy) is 1. The van der Waals surface area contributed by atoms with Crippen LogP contribution in [0.1, 0.15) is 36.7 Å². The molecule has 0 aliphatic rings. The molecule has 0 radical (unpaired) electrons. The fourth-order valence-electron chi connectivity index (χ4n) is 1.86.